The van der Waals surface area contributed by atoms with Crippen LogP contribution < -0.4 is 0 Å². The van der Waals surface area contributed by atoms with E-state index in [1.807, 2.05) is 0 Å². The average molecular weight is 308 g/mol. The predicted molar refractivity (Wildman–Crippen MR) is 89.8 cm³/mol. The Morgan fingerprint density at radius 3 is 2.43 bits per heavy atom. The Balaban J connectivity index is 2.06. The van der Waals surface area contributed by atoms with Gasteiger partial charge in [0.25, 0.3) is 0 Å². The molecule has 0 bridgehead atoms. The normalized spacial score (nSPS) is 24.5. The van der Waals surface area contributed by atoms with Crippen molar-refractivity contribution in [3.05, 3.63) is 35.9 Å². The maximum atomic E-state index is 6.37. The fraction of sp³-hybridized carbons (Fsp3) is 0.647. The van der Waals surface area contributed by atoms with Crippen molar-refractivity contribution >= 4 is 8.32 Å². The first-order valence-electron chi connectivity index (χ1n) is 7.73. The molecule has 0 N–H and O–H groups in total. The van der Waals surface area contributed by atoms with Gasteiger partial charge in [-0.1, -0.05) is 51.1 Å². The molecule has 0 unspecified atom stereocenters. The second kappa shape index (κ2) is 6.21. The topological polar surface area (TPSA) is 21.7 Å². The molecule has 0 amide bonds. The summed E-state index contributed by atoms with van der Waals surface area (Å²) in [4.78, 5) is 2.26. The van der Waals surface area contributed by atoms with Gasteiger partial charge < -0.3 is 9.16 Å². The molecule has 4 heteroatoms. The van der Waals surface area contributed by atoms with Crippen LogP contribution >= 0.6 is 0 Å². The Morgan fingerprint density at radius 1 is 1.24 bits per heavy atom. The van der Waals surface area contributed by atoms with E-state index >= 15 is 0 Å². The lowest BCUT2D eigenvalue weighted by Gasteiger charge is -2.37. The number of benzene rings is 1. The van der Waals surface area contributed by atoms with Crippen molar-refractivity contribution in [2.24, 2.45) is 0 Å². The molecule has 1 aliphatic heterocycles. The predicted octanol–water partition coefficient (Wildman–Crippen LogP) is 4.04. The van der Waals surface area contributed by atoms with Gasteiger partial charge in [-0.15, -0.1) is 0 Å². The maximum absolute atomic E-state index is 6.37. The highest BCUT2D eigenvalue weighted by atomic mass is 28.4. The summed E-state index contributed by atoms with van der Waals surface area (Å²) in [5, 5.41) is 0.236. The fourth-order valence-electron chi connectivity index (χ4n) is 2.43. The number of hydrogen-bond donors (Lipinski definition) is 0. The lowest BCUT2D eigenvalue weighted by atomic mass is 10.0. The third-order valence-electron chi connectivity index (χ3n) is 4.87. The summed E-state index contributed by atoms with van der Waals surface area (Å²) in [6, 6.07) is 10.9. The second-order valence-electron chi connectivity index (χ2n) is 7.52. The largest absolute Gasteiger partial charge is 0.414 e. The fourth-order valence-corrected chi connectivity index (χ4v) is 3.45. The van der Waals surface area contributed by atoms with Gasteiger partial charge >= 0.3 is 0 Å². The van der Waals surface area contributed by atoms with E-state index in [-0.39, 0.29) is 17.2 Å². The van der Waals surface area contributed by atoms with Crippen molar-refractivity contribution in [1.29, 1.82) is 0 Å². The van der Waals surface area contributed by atoms with Crippen molar-refractivity contribution in [2.45, 2.75) is 51.0 Å². The van der Waals surface area contributed by atoms with Gasteiger partial charge in [-0.25, -0.2) is 0 Å². The van der Waals surface area contributed by atoms with E-state index < -0.39 is 8.32 Å². The molecule has 1 aromatic carbocycles. The van der Waals surface area contributed by atoms with Crippen LogP contribution in [-0.2, 0) is 9.16 Å². The van der Waals surface area contributed by atoms with E-state index in [2.05, 4.69) is 76.1 Å². The monoisotopic (exact) mass is 307 g/mol. The Bertz CT molecular complexity index is 456. The number of hydrogen-bond acceptors (Lipinski definition) is 3. The van der Waals surface area contributed by atoms with E-state index in [1.165, 1.54) is 5.56 Å². The van der Waals surface area contributed by atoms with Crippen molar-refractivity contribution in [3.8, 4) is 0 Å². The van der Waals surface area contributed by atoms with Gasteiger partial charge in [0.05, 0.1) is 19.4 Å². The van der Waals surface area contributed by atoms with Gasteiger partial charge in [0, 0.05) is 0 Å². The second-order valence-corrected chi connectivity index (χ2v) is 12.3. The van der Waals surface area contributed by atoms with Gasteiger partial charge in [-0.3, -0.25) is 4.90 Å². The maximum Gasteiger partial charge on any atom is 0.192 e. The molecule has 0 aliphatic carbocycles. The lowest BCUT2D eigenvalue weighted by Crippen LogP contribution is -2.43. The molecule has 1 aromatic rings. The zero-order valence-electron chi connectivity index (χ0n) is 14.2. The van der Waals surface area contributed by atoms with E-state index in [1.54, 1.807) is 0 Å². The van der Waals surface area contributed by atoms with Gasteiger partial charge in [-0.2, -0.15) is 0 Å². The SMILES string of the molecule is CN1CO[C@@H](CO[Si](C)(C)C(C)(C)C)[C@H]1c1ccccc1. The zero-order valence-corrected chi connectivity index (χ0v) is 15.2. The van der Waals surface area contributed by atoms with Crippen LogP contribution in [0.4, 0.5) is 0 Å². The number of ether oxygens (including phenoxy) is 1. The highest BCUT2D eigenvalue weighted by molar-refractivity contribution is 6.74. The summed E-state index contributed by atoms with van der Waals surface area (Å²) >= 11 is 0. The molecule has 0 radical (unpaired) electrons. The Morgan fingerprint density at radius 2 is 1.86 bits per heavy atom. The molecule has 1 aliphatic rings. The molecule has 2 atom stereocenters. The molecule has 1 fully saturated rings. The van der Waals surface area contributed by atoms with Gasteiger partial charge in [0.1, 0.15) is 6.10 Å². The first-order valence-corrected chi connectivity index (χ1v) is 10.6. The molecule has 1 saturated heterocycles. The van der Waals surface area contributed by atoms with Crippen molar-refractivity contribution in [1.82, 2.24) is 4.90 Å². The minimum atomic E-state index is -1.72. The van der Waals surface area contributed by atoms with Gasteiger partial charge in [0.15, 0.2) is 8.32 Å². The Labute approximate surface area is 130 Å². The standard InChI is InChI=1S/C17H29NO2Si/c1-17(2,3)21(5,6)20-12-15-16(18(4)13-19-15)14-10-8-7-9-11-14/h7-11,15-16H,12-13H2,1-6H3/t15-,16+/m0/s1. The van der Waals surface area contributed by atoms with Crippen LogP contribution in [0.2, 0.25) is 18.1 Å². The van der Waals surface area contributed by atoms with Crippen LogP contribution in [0.3, 0.4) is 0 Å². The van der Waals surface area contributed by atoms with E-state index in [9.17, 15) is 0 Å². The Hall–Kier alpha value is -0.683. The van der Waals surface area contributed by atoms with Crippen molar-refractivity contribution < 1.29 is 9.16 Å². The van der Waals surface area contributed by atoms with Crippen LogP contribution in [0.1, 0.15) is 32.4 Å². The summed E-state index contributed by atoms with van der Waals surface area (Å²) < 4.78 is 12.3. The summed E-state index contributed by atoms with van der Waals surface area (Å²) in [7, 11) is 0.392. The smallest absolute Gasteiger partial charge is 0.192 e. The van der Waals surface area contributed by atoms with Crippen LogP contribution in [0.5, 0.6) is 0 Å². The summed E-state index contributed by atoms with van der Waals surface area (Å²) in [6.45, 7) is 12.8. The third-order valence-corrected chi connectivity index (χ3v) is 9.38. The first-order chi connectivity index (χ1) is 9.72. The molecular formula is C17H29NO2Si. The molecular weight excluding hydrogens is 278 g/mol. The van der Waals surface area contributed by atoms with Crippen LogP contribution in [-0.4, -0.2) is 39.7 Å². The highest BCUT2D eigenvalue weighted by Gasteiger charge is 2.40. The number of nitrogens with zero attached hydrogens (tertiary/aromatic N) is 1. The minimum absolute atomic E-state index is 0.117. The number of likely N-dealkylation sites (N-methyl/N-ethyl adjacent to an activating group) is 1. The average Bonchev–Trinajstić information content (AvgIpc) is 2.77. The van der Waals surface area contributed by atoms with Gasteiger partial charge in [0.2, 0.25) is 0 Å². The molecule has 2 rings (SSSR count). The lowest BCUT2D eigenvalue weighted by molar-refractivity contribution is 0.0520. The highest BCUT2D eigenvalue weighted by Crippen LogP contribution is 2.38. The van der Waals surface area contributed by atoms with Crippen LogP contribution in [0.15, 0.2) is 30.3 Å². The molecule has 0 saturated carbocycles. The van der Waals surface area contributed by atoms with Crippen LogP contribution in [0.25, 0.3) is 0 Å². The zero-order chi connectivity index (χ0) is 15.7. The van der Waals surface area contributed by atoms with E-state index in [4.69, 9.17) is 9.16 Å². The molecule has 0 aromatic heterocycles. The van der Waals surface area contributed by atoms with Crippen LogP contribution in [0, 0.1) is 0 Å². The minimum Gasteiger partial charge on any atom is -0.414 e. The third kappa shape index (κ3) is 3.75. The summed E-state index contributed by atoms with van der Waals surface area (Å²) in [5.41, 5.74) is 1.31. The van der Waals surface area contributed by atoms with E-state index in [0.717, 1.165) is 0 Å². The molecule has 21 heavy (non-hydrogen) atoms. The number of rotatable bonds is 4. The van der Waals surface area contributed by atoms with Crippen molar-refractivity contribution in [2.75, 3.05) is 20.4 Å². The van der Waals surface area contributed by atoms with Gasteiger partial charge in [-0.05, 0) is 30.7 Å². The molecule has 118 valence electrons. The quantitative estimate of drug-likeness (QED) is 0.784. The van der Waals surface area contributed by atoms with E-state index in [0.29, 0.717) is 13.3 Å². The molecule has 0 spiro atoms. The van der Waals surface area contributed by atoms with Crippen molar-refractivity contribution in [3.63, 3.8) is 0 Å². The molecule has 1 heterocycles. The summed E-state index contributed by atoms with van der Waals surface area (Å²) in [6.07, 6.45) is 0.117. The summed E-state index contributed by atoms with van der Waals surface area (Å²) in [5.74, 6) is 0. The first kappa shape index (κ1) is 16.7. The molecule has 3 nitrogen and oxygen atoms in total. The Kier molecular flexibility index (Phi) is 4.93.